The fourth-order valence-corrected chi connectivity index (χ4v) is 3.38. The Bertz CT molecular complexity index is 617. The summed E-state index contributed by atoms with van der Waals surface area (Å²) in [6, 6.07) is 4.99. The molecule has 0 saturated carbocycles. The Morgan fingerprint density at radius 2 is 2.19 bits per heavy atom. The summed E-state index contributed by atoms with van der Waals surface area (Å²) in [4.78, 5) is 0.278. The van der Waals surface area contributed by atoms with Gasteiger partial charge in [-0.2, -0.15) is 0 Å². The normalized spacial score (nSPS) is 26.6. The summed E-state index contributed by atoms with van der Waals surface area (Å²) in [5.41, 5.74) is 0.543. The molecule has 1 aromatic carbocycles. The molecule has 1 fully saturated rings. The maximum atomic E-state index is 11.6. The Labute approximate surface area is 131 Å². The highest BCUT2D eigenvalue weighted by molar-refractivity contribution is 7.90. The van der Waals surface area contributed by atoms with Crippen LogP contribution in [0.1, 0.15) is 33.1 Å². The fraction of sp³-hybridized carbons (Fsp3) is 0.600. The second kappa shape index (κ2) is 6.15. The van der Waals surface area contributed by atoms with Crippen LogP contribution in [0.15, 0.2) is 23.1 Å². The van der Waals surface area contributed by atoms with Gasteiger partial charge in [-0.05, 0) is 44.4 Å². The number of sulfone groups is 1. The molecule has 0 amide bonds. The highest BCUT2D eigenvalue weighted by Gasteiger charge is 2.31. The van der Waals surface area contributed by atoms with Crippen molar-refractivity contribution < 1.29 is 13.2 Å². The first-order valence-electron chi connectivity index (χ1n) is 7.13. The van der Waals surface area contributed by atoms with E-state index in [9.17, 15) is 8.42 Å². The average molecular weight is 332 g/mol. The number of benzene rings is 1. The van der Waals surface area contributed by atoms with E-state index in [1.54, 1.807) is 12.1 Å². The van der Waals surface area contributed by atoms with Crippen molar-refractivity contribution in [3.05, 3.63) is 23.2 Å². The third kappa shape index (κ3) is 4.11. The van der Waals surface area contributed by atoms with Crippen molar-refractivity contribution in [2.45, 2.75) is 49.6 Å². The minimum absolute atomic E-state index is 0.128. The van der Waals surface area contributed by atoms with Gasteiger partial charge in [0.2, 0.25) is 0 Å². The van der Waals surface area contributed by atoms with Crippen LogP contribution in [0.25, 0.3) is 0 Å². The second-order valence-corrected chi connectivity index (χ2v) is 8.32. The minimum atomic E-state index is -3.23. The predicted octanol–water partition coefficient (Wildman–Crippen LogP) is 3.50. The van der Waals surface area contributed by atoms with Crippen LogP contribution in [-0.2, 0) is 14.6 Å². The van der Waals surface area contributed by atoms with Crippen molar-refractivity contribution in [1.29, 1.82) is 0 Å². The van der Waals surface area contributed by atoms with Crippen LogP contribution in [0.3, 0.4) is 0 Å². The summed E-state index contributed by atoms with van der Waals surface area (Å²) in [5, 5.41) is 3.91. The number of nitrogens with one attached hydrogen (secondary N) is 1. The zero-order valence-corrected chi connectivity index (χ0v) is 14.2. The molecule has 1 saturated heterocycles. The van der Waals surface area contributed by atoms with Gasteiger partial charge in [-0.15, -0.1) is 0 Å². The van der Waals surface area contributed by atoms with Gasteiger partial charge >= 0.3 is 0 Å². The monoisotopic (exact) mass is 331 g/mol. The van der Waals surface area contributed by atoms with E-state index in [-0.39, 0.29) is 16.5 Å². The van der Waals surface area contributed by atoms with E-state index >= 15 is 0 Å². The molecule has 118 valence electrons. The molecule has 1 aliphatic rings. The first-order chi connectivity index (χ1) is 9.73. The third-order valence-electron chi connectivity index (χ3n) is 4.07. The van der Waals surface area contributed by atoms with E-state index in [1.165, 1.54) is 12.3 Å². The zero-order valence-electron chi connectivity index (χ0n) is 12.6. The molecule has 2 unspecified atom stereocenters. The third-order valence-corrected chi connectivity index (χ3v) is 5.51. The second-order valence-electron chi connectivity index (χ2n) is 5.90. The number of hydrogen-bond donors (Lipinski definition) is 1. The van der Waals surface area contributed by atoms with Crippen LogP contribution >= 0.6 is 11.6 Å². The van der Waals surface area contributed by atoms with E-state index < -0.39 is 9.84 Å². The predicted molar refractivity (Wildman–Crippen MR) is 85.9 cm³/mol. The molecule has 2 atom stereocenters. The average Bonchev–Trinajstić information content (AvgIpc) is 2.40. The molecule has 0 spiro atoms. The molecule has 2 rings (SSSR count). The summed E-state index contributed by atoms with van der Waals surface area (Å²) < 4.78 is 29.1. The van der Waals surface area contributed by atoms with Crippen LogP contribution in [0.5, 0.6) is 0 Å². The molecule has 0 aliphatic carbocycles. The topological polar surface area (TPSA) is 55.4 Å². The molecule has 1 aliphatic heterocycles. The number of anilines is 1. The van der Waals surface area contributed by atoms with Crippen molar-refractivity contribution in [2.24, 2.45) is 0 Å². The smallest absolute Gasteiger partial charge is 0.175 e. The Balaban J connectivity index is 2.19. The standard InChI is InChI=1S/C15H22ClNO3S/c1-4-15(2)10-11(7-8-20-15)17-14-9-12(21(3,18)19)5-6-13(14)16/h5-6,9,11,17H,4,7-8,10H2,1-3H3. The van der Waals surface area contributed by atoms with Gasteiger partial charge < -0.3 is 10.1 Å². The molecule has 0 bridgehead atoms. The summed E-state index contributed by atoms with van der Waals surface area (Å²) >= 11 is 6.18. The maximum absolute atomic E-state index is 11.6. The van der Waals surface area contributed by atoms with Crippen molar-refractivity contribution in [3.8, 4) is 0 Å². The molecular weight excluding hydrogens is 310 g/mol. The van der Waals surface area contributed by atoms with Gasteiger partial charge in [0.05, 0.1) is 21.2 Å². The van der Waals surface area contributed by atoms with Crippen molar-refractivity contribution >= 4 is 27.1 Å². The van der Waals surface area contributed by atoms with Crippen LogP contribution in [0.4, 0.5) is 5.69 Å². The number of halogens is 1. The Morgan fingerprint density at radius 3 is 2.81 bits per heavy atom. The maximum Gasteiger partial charge on any atom is 0.175 e. The van der Waals surface area contributed by atoms with Gasteiger partial charge in [-0.25, -0.2) is 8.42 Å². The SMILES string of the molecule is CCC1(C)CC(Nc2cc(S(C)(=O)=O)ccc2Cl)CCO1. The van der Waals surface area contributed by atoms with E-state index in [0.29, 0.717) is 17.3 Å². The van der Waals surface area contributed by atoms with Crippen molar-refractivity contribution in [1.82, 2.24) is 0 Å². The lowest BCUT2D eigenvalue weighted by atomic mass is 9.90. The largest absolute Gasteiger partial charge is 0.381 e. The lowest BCUT2D eigenvalue weighted by Crippen LogP contribution is -2.41. The van der Waals surface area contributed by atoms with E-state index in [4.69, 9.17) is 16.3 Å². The Morgan fingerprint density at radius 1 is 1.48 bits per heavy atom. The van der Waals surface area contributed by atoms with E-state index in [0.717, 1.165) is 19.3 Å². The van der Waals surface area contributed by atoms with Crippen LogP contribution in [0.2, 0.25) is 5.02 Å². The van der Waals surface area contributed by atoms with Gasteiger partial charge in [-0.3, -0.25) is 0 Å². The molecule has 21 heavy (non-hydrogen) atoms. The van der Waals surface area contributed by atoms with Crippen LogP contribution in [0, 0.1) is 0 Å². The zero-order chi connectivity index (χ0) is 15.7. The number of ether oxygens (including phenoxy) is 1. The first kappa shape index (κ1) is 16.6. The molecule has 0 aromatic heterocycles. The lowest BCUT2D eigenvalue weighted by Gasteiger charge is -2.38. The summed E-state index contributed by atoms with van der Waals surface area (Å²) in [7, 11) is -3.23. The van der Waals surface area contributed by atoms with Gasteiger partial charge in [0, 0.05) is 18.9 Å². The van der Waals surface area contributed by atoms with Gasteiger partial charge in [0.25, 0.3) is 0 Å². The molecule has 1 N–H and O–H groups in total. The Kier molecular flexibility index (Phi) is 4.85. The highest BCUT2D eigenvalue weighted by Crippen LogP contribution is 2.32. The number of hydrogen-bond acceptors (Lipinski definition) is 4. The highest BCUT2D eigenvalue weighted by atomic mass is 35.5. The van der Waals surface area contributed by atoms with Crippen LogP contribution in [-0.4, -0.2) is 32.9 Å². The van der Waals surface area contributed by atoms with Gasteiger partial charge in [0.15, 0.2) is 9.84 Å². The Hall–Kier alpha value is -0.780. The molecule has 4 nitrogen and oxygen atoms in total. The van der Waals surface area contributed by atoms with E-state index in [2.05, 4.69) is 19.2 Å². The minimum Gasteiger partial charge on any atom is -0.381 e. The quantitative estimate of drug-likeness (QED) is 0.917. The molecule has 1 heterocycles. The molecular formula is C15H22ClNO3S. The van der Waals surface area contributed by atoms with Gasteiger partial charge in [0.1, 0.15) is 0 Å². The van der Waals surface area contributed by atoms with Crippen molar-refractivity contribution in [3.63, 3.8) is 0 Å². The fourth-order valence-electron chi connectivity index (χ4n) is 2.56. The van der Waals surface area contributed by atoms with E-state index in [1.807, 2.05) is 0 Å². The molecule has 0 radical (unpaired) electrons. The molecule has 6 heteroatoms. The summed E-state index contributed by atoms with van der Waals surface area (Å²) in [6.07, 6.45) is 3.91. The number of rotatable bonds is 4. The molecule has 1 aromatic rings. The summed E-state index contributed by atoms with van der Waals surface area (Å²) in [6.45, 7) is 4.92. The first-order valence-corrected chi connectivity index (χ1v) is 9.40. The summed E-state index contributed by atoms with van der Waals surface area (Å²) in [5.74, 6) is 0. The van der Waals surface area contributed by atoms with Crippen LogP contribution < -0.4 is 5.32 Å². The lowest BCUT2D eigenvalue weighted by molar-refractivity contribution is -0.0708. The van der Waals surface area contributed by atoms with Gasteiger partial charge in [-0.1, -0.05) is 18.5 Å². The van der Waals surface area contributed by atoms with Crippen molar-refractivity contribution in [2.75, 3.05) is 18.2 Å².